The Morgan fingerprint density at radius 1 is 1.32 bits per heavy atom. The molecule has 1 amide bonds. The van der Waals surface area contributed by atoms with Crippen LogP contribution in [0.5, 0.6) is 0 Å². The molecule has 2 aromatic rings. The van der Waals surface area contributed by atoms with Crippen molar-refractivity contribution in [3.05, 3.63) is 41.6 Å². The number of carbonyl (C=O) groups excluding carboxylic acids is 1. The van der Waals surface area contributed by atoms with Gasteiger partial charge in [0.25, 0.3) is 0 Å². The second-order valence-corrected chi connectivity index (χ2v) is 6.97. The van der Waals surface area contributed by atoms with Crippen LogP contribution in [0.4, 0.5) is 0 Å². The number of H-pyrrole nitrogens is 1. The number of allylic oxidation sites excluding steroid dienone is 1. The van der Waals surface area contributed by atoms with Crippen molar-refractivity contribution in [2.45, 2.75) is 46.1 Å². The van der Waals surface area contributed by atoms with E-state index in [-0.39, 0.29) is 17.9 Å². The maximum Gasteiger partial charge on any atom is 0.228 e. The van der Waals surface area contributed by atoms with Gasteiger partial charge in [0.15, 0.2) is 0 Å². The van der Waals surface area contributed by atoms with E-state index in [4.69, 9.17) is 0 Å². The number of benzene rings is 1. The number of carbonyl (C=O) groups is 1. The van der Waals surface area contributed by atoms with Gasteiger partial charge in [0, 0.05) is 29.7 Å². The van der Waals surface area contributed by atoms with Crippen molar-refractivity contribution in [2.75, 3.05) is 13.1 Å². The van der Waals surface area contributed by atoms with Crippen LogP contribution in [0.2, 0.25) is 0 Å². The van der Waals surface area contributed by atoms with E-state index in [1.165, 1.54) is 27.6 Å². The average Bonchev–Trinajstić information content (AvgIpc) is 3.05. The van der Waals surface area contributed by atoms with Crippen LogP contribution in [0.1, 0.15) is 44.7 Å². The Labute approximate surface area is 150 Å². The molecule has 0 saturated heterocycles. The topological polar surface area (TPSA) is 56.9 Å². The van der Waals surface area contributed by atoms with Crippen LogP contribution in [0.15, 0.2) is 30.5 Å². The monoisotopic (exact) mass is 339 g/mol. The molecule has 0 saturated carbocycles. The molecular weight excluding hydrogens is 310 g/mol. The number of aromatic nitrogens is 1. The fourth-order valence-electron chi connectivity index (χ4n) is 3.52. The molecule has 1 aromatic heterocycles. The van der Waals surface area contributed by atoms with Crippen LogP contribution < -0.4 is 10.6 Å². The first kappa shape index (κ1) is 17.7. The van der Waals surface area contributed by atoms with Gasteiger partial charge in [0.1, 0.15) is 0 Å². The molecule has 4 heteroatoms. The number of hydrogen-bond acceptors (Lipinski definition) is 2. The third-order valence-electron chi connectivity index (χ3n) is 5.15. The van der Waals surface area contributed by atoms with E-state index in [9.17, 15) is 4.79 Å². The van der Waals surface area contributed by atoms with Gasteiger partial charge in [-0.25, -0.2) is 0 Å². The summed E-state index contributed by atoms with van der Waals surface area (Å²) in [4.78, 5) is 16.1. The summed E-state index contributed by atoms with van der Waals surface area (Å²) in [6.07, 6.45) is 7.27. The first-order valence-electron chi connectivity index (χ1n) is 9.45. The smallest absolute Gasteiger partial charge is 0.228 e. The molecule has 1 unspecified atom stereocenters. The van der Waals surface area contributed by atoms with E-state index >= 15 is 0 Å². The fourth-order valence-corrected chi connectivity index (χ4v) is 3.52. The average molecular weight is 339 g/mol. The molecule has 1 aromatic carbocycles. The van der Waals surface area contributed by atoms with Crippen molar-refractivity contribution in [2.24, 2.45) is 5.92 Å². The SMILES string of the molecule is CCNCC(/C=C1\CCc2c[nH]c3cccc1c23)C(=O)N[C@H](C)CC. The summed E-state index contributed by atoms with van der Waals surface area (Å²) >= 11 is 0. The highest BCUT2D eigenvalue weighted by Crippen LogP contribution is 2.36. The Balaban J connectivity index is 1.91. The molecule has 25 heavy (non-hydrogen) atoms. The van der Waals surface area contributed by atoms with Crippen LogP contribution in [-0.2, 0) is 11.2 Å². The fraction of sp³-hybridized carbons (Fsp3) is 0.476. The van der Waals surface area contributed by atoms with Gasteiger partial charge in [-0.1, -0.05) is 32.1 Å². The summed E-state index contributed by atoms with van der Waals surface area (Å²) < 4.78 is 0. The molecule has 0 bridgehead atoms. The van der Waals surface area contributed by atoms with Crippen molar-refractivity contribution >= 4 is 22.4 Å². The largest absolute Gasteiger partial charge is 0.361 e. The van der Waals surface area contributed by atoms with E-state index in [1.54, 1.807) is 0 Å². The Morgan fingerprint density at radius 3 is 2.92 bits per heavy atom. The highest BCUT2D eigenvalue weighted by Gasteiger charge is 2.22. The summed E-state index contributed by atoms with van der Waals surface area (Å²) in [5.41, 5.74) is 5.14. The summed E-state index contributed by atoms with van der Waals surface area (Å²) in [5, 5.41) is 7.80. The minimum atomic E-state index is -0.139. The zero-order valence-corrected chi connectivity index (χ0v) is 15.5. The molecule has 0 fully saturated rings. The van der Waals surface area contributed by atoms with Crippen molar-refractivity contribution < 1.29 is 4.79 Å². The molecule has 0 radical (unpaired) electrons. The quantitative estimate of drug-likeness (QED) is 0.721. The van der Waals surface area contributed by atoms with Gasteiger partial charge in [-0.15, -0.1) is 0 Å². The third-order valence-corrected chi connectivity index (χ3v) is 5.15. The number of hydrogen-bond donors (Lipinski definition) is 3. The Kier molecular flexibility index (Phi) is 5.59. The number of amides is 1. The summed E-state index contributed by atoms with van der Waals surface area (Å²) in [6.45, 7) is 7.77. The van der Waals surface area contributed by atoms with Gasteiger partial charge in [-0.3, -0.25) is 4.79 Å². The molecule has 134 valence electrons. The molecular formula is C21H29N3O. The third kappa shape index (κ3) is 3.79. The standard InChI is InChI=1S/C21H29N3O/c1-4-14(3)24-21(25)17(12-22-5-2)11-15-9-10-16-13-23-19-8-6-7-18(15)20(16)19/h6-8,11,13-14,17,22-23H,4-5,9-10,12H2,1-3H3,(H,24,25)/b15-11+/t14-,17?/m1/s1. The normalized spacial score (nSPS) is 17.6. The molecule has 0 spiro atoms. The van der Waals surface area contributed by atoms with E-state index in [0.717, 1.165) is 25.8 Å². The van der Waals surface area contributed by atoms with E-state index in [2.05, 4.69) is 66.9 Å². The zero-order valence-electron chi connectivity index (χ0n) is 15.5. The molecule has 2 atom stereocenters. The maximum absolute atomic E-state index is 12.7. The minimum absolute atomic E-state index is 0.120. The lowest BCUT2D eigenvalue weighted by molar-refractivity contribution is -0.124. The second-order valence-electron chi connectivity index (χ2n) is 6.97. The predicted molar refractivity (Wildman–Crippen MR) is 105 cm³/mol. The Hall–Kier alpha value is -2.07. The number of aryl methyl sites for hydroxylation is 1. The van der Waals surface area contributed by atoms with Gasteiger partial charge >= 0.3 is 0 Å². The van der Waals surface area contributed by atoms with E-state index in [0.29, 0.717) is 6.54 Å². The number of aromatic amines is 1. The van der Waals surface area contributed by atoms with E-state index < -0.39 is 0 Å². The highest BCUT2D eigenvalue weighted by molar-refractivity contribution is 5.97. The van der Waals surface area contributed by atoms with Crippen LogP contribution in [-0.4, -0.2) is 30.0 Å². The van der Waals surface area contributed by atoms with Crippen LogP contribution in [0.3, 0.4) is 0 Å². The van der Waals surface area contributed by atoms with Crippen molar-refractivity contribution in [1.82, 2.24) is 15.6 Å². The number of nitrogens with one attached hydrogen (secondary N) is 3. The Bertz CT molecular complexity index is 775. The first-order valence-corrected chi connectivity index (χ1v) is 9.45. The van der Waals surface area contributed by atoms with Gasteiger partial charge in [0.2, 0.25) is 5.91 Å². The van der Waals surface area contributed by atoms with Crippen molar-refractivity contribution in [3.63, 3.8) is 0 Å². The molecule has 0 aliphatic heterocycles. The molecule has 4 nitrogen and oxygen atoms in total. The lowest BCUT2D eigenvalue weighted by atomic mass is 9.86. The zero-order chi connectivity index (χ0) is 17.8. The highest BCUT2D eigenvalue weighted by atomic mass is 16.1. The molecule has 1 aliphatic rings. The van der Waals surface area contributed by atoms with Gasteiger partial charge < -0.3 is 15.6 Å². The van der Waals surface area contributed by atoms with Crippen molar-refractivity contribution in [3.8, 4) is 0 Å². The molecule has 3 N–H and O–H groups in total. The van der Waals surface area contributed by atoms with Crippen LogP contribution >= 0.6 is 0 Å². The van der Waals surface area contributed by atoms with Gasteiger partial charge in [-0.2, -0.15) is 0 Å². The minimum Gasteiger partial charge on any atom is -0.361 e. The molecule has 3 rings (SSSR count). The summed E-state index contributed by atoms with van der Waals surface area (Å²) in [5.74, 6) is -0.0189. The molecule has 1 aliphatic carbocycles. The van der Waals surface area contributed by atoms with Gasteiger partial charge in [-0.05, 0) is 55.5 Å². The molecule has 1 heterocycles. The second kappa shape index (κ2) is 7.87. The van der Waals surface area contributed by atoms with Crippen LogP contribution in [0, 0.1) is 5.92 Å². The summed E-state index contributed by atoms with van der Waals surface area (Å²) in [6, 6.07) is 6.61. The lowest BCUT2D eigenvalue weighted by Gasteiger charge is -2.21. The first-order chi connectivity index (χ1) is 12.1. The van der Waals surface area contributed by atoms with Crippen molar-refractivity contribution in [1.29, 1.82) is 0 Å². The lowest BCUT2D eigenvalue weighted by Crippen LogP contribution is -2.40. The predicted octanol–water partition coefficient (Wildman–Crippen LogP) is 3.64. The van der Waals surface area contributed by atoms with Crippen LogP contribution in [0.25, 0.3) is 16.5 Å². The Morgan fingerprint density at radius 2 is 2.16 bits per heavy atom. The number of rotatable bonds is 7. The van der Waals surface area contributed by atoms with E-state index in [1.807, 2.05) is 0 Å². The summed E-state index contributed by atoms with van der Waals surface area (Å²) in [7, 11) is 0. The van der Waals surface area contributed by atoms with Gasteiger partial charge in [0.05, 0.1) is 5.92 Å². The maximum atomic E-state index is 12.7.